The summed E-state index contributed by atoms with van der Waals surface area (Å²) >= 11 is 1.91. The second-order valence-electron chi connectivity index (χ2n) is 3.70. The van der Waals surface area contributed by atoms with Crippen LogP contribution in [0.15, 0.2) is 24.3 Å². The normalized spacial score (nSPS) is 23.6. The maximum absolute atomic E-state index is 10.1. The highest BCUT2D eigenvalue weighted by atomic mass is 32.2. The van der Waals surface area contributed by atoms with Gasteiger partial charge >= 0.3 is 0 Å². The van der Waals surface area contributed by atoms with E-state index in [1.54, 1.807) is 0 Å². The molecule has 2 unspecified atom stereocenters. The third kappa shape index (κ3) is 1.88. The molecule has 2 nitrogen and oxygen atoms in total. The fraction of sp³-hybridized carbons (Fsp3) is 0.455. The Hall–Kier alpha value is -0.670. The lowest BCUT2D eigenvalue weighted by molar-refractivity contribution is 0.122. The van der Waals surface area contributed by atoms with Crippen molar-refractivity contribution >= 4 is 17.4 Å². The number of nitrogen functional groups attached to an aromatic ring is 1. The number of rotatable bonds is 2. The van der Waals surface area contributed by atoms with E-state index in [0.717, 1.165) is 23.5 Å². The van der Waals surface area contributed by atoms with Crippen LogP contribution >= 0.6 is 11.8 Å². The monoisotopic (exact) mass is 209 g/mol. The zero-order valence-corrected chi connectivity index (χ0v) is 8.83. The van der Waals surface area contributed by atoms with Crippen LogP contribution in [0.4, 0.5) is 5.69 Å². The first kappa shape index (κ1) is 9.87. The first-order valence-corrected chi connectivity index (χ1v) is 6.04. The summed E-state index contributed by atoms with van der Waals surface area (Å²) in [6.45, 7) is 0. The van der Waals surface area contributed by atoms with Gasteiger partial charge in [-0.15, -0.1) is 0 Å². The molecular weight excluding hydrogens is 194 g/mol. The zero-order chi connectivity index (χ0) is 9.97. The molecule has 0 aliphatic carbocycles. The molecule has 0 saturated carbocycles. The van der Waals surface area contributed by atoms with Gasteiger partial charge in [0.25, 0.3) is 0 Å². The number of nitrogens with two attached hydrogens (primary N) is 1. The Morgan fingerprint density at radius 3 is 2.86 bits per heavy atom. The maximum atomic E-state index is 10.1. The topological polar surface area (TPSA) is 46.2 Å². The van der Waals surface area contributed by atoms with Gasteiger partial charge in [0.1, 0.15) is 0 Å². The fourth-order valence-corrected chi connectivity index (χ4v) is 3.12. The van der Waals surface area contributed by atoms with E-state index in [0.29, 0.717) is 11.6 Å². The largest absolute Gasteiger partial charge is 0.398 e. The van der Waals surface area contributed by atoms with Crippen molar-refractivity contribution in [1.29, 1.82) is 0 Å². The molecule has 2 atom stereocenters. The van der Waals surface area contributed by atoms with Crippen molar-refractivity contribution in [1.82, 2.24) is 0 Å². The number of aliphatic hydroxyl groups is 1. The summed E-state index contributed by atoms with van der Waals surface area (Å²) in [7, 11) is 0. The van der Waals surface area contributed by atoms with Crippen LogP contribution in [0.25, 0.3) is 0 Å². The Labute approximate surface area is 88.5 Å². The first-order chi connectivity index (χ1) is 6.79. The van der Waals surface area contributed by atoms with Crippen molar-refractivity contribution in [3.05, 3.63) is 29.8 Å². The molecule has 0 bridgehead atoms. The van der Waals surface area contributed by atoms with Crippen LogP contribution in [0.3, 0.4) is 0 Å². The highest BCUT2D eigenvalue weighted by Gasteiger charge is 2.25. The van der Waals surface area contributed by atoms with E-state index in [2.05, 4.69) is 0 Å². The Morgan fingerprint density at radius 1 is 1.43 bits per heavy atom. The van der Waals surface area contributed by atoms with E-state index in [9.17, 15) is 5.11 Å². The Kier molecular flexibility index (Phi) is 2.99. The van der Waals surface area contributed by atoms with Crippen molar-refractivity contribution in [2.24, 2.45) is 5.92 Å². The standard InChI is InChI=1S/C11H15NOS/c12-10-4-2-1-3-9(10)11(13)8-5-6-14-7-8/h1-4,8,11,13H,5-7,12H2. The van der Waals surface area contributed by atoms with Gasteiger partial charge in [-0.2, -0.15) is 11.8 Å². The average Bonchev–Trinajstić information content (AvgIpc) is 2.70. The van der Waals surface area contributed by atoms with Crippen LogP contribution in [0, 0.1) is 5.92 Å². The van der Waals surface area contributed by atoms with Gasteiger partial charge < -0.3 is 10.8 Å². The van der Waals surface area contributed by atoms with Gasteiger partial charge in [-0.3, -0.25) is 0 Å². The fourth-order valence-electron chi connectivity index (χ4n) is 1.84. The predicted molar refractivity (Wildman–Crippen MR) is 61.2 cm³/mol. The molecule has 0 aromatic heterocycles. The van der Waals surface area contributed by atoms with Crippen LogP contribution < -0.4 is 5.73 Å². The first-order valence-electron chi connectivity index (χ1n) is 4.89. The summed E-state index contributed by atoms with van der Waals surface area (Å²) in [5, 5.41) is 10.1. The Balaban J connectivity index is 2.17. The second-order valence-corrected chi connectivity index (χ2v) is 4.85. The van der Waals surface area contributed by atoms with Gasteiger partial charge in [-0.1, -0.05) is 18.2 Å². The van der Waals surface area contributed by atoms with E-state index in [1.807, 2.05) is 36.0 Å². The summed E-state index contributed by atoms with van der Waals surface area (Å²) < 4.78 is 0. The van der Waals surface area contributed by atoms with Gasteiger partial charge in [0.2, 0.25) is 0 Å². The van der Waals surface area contributed by atoms with Crippen molar-refractivity contribution in [2.45, 2.75) is 12.5 Å². The molecule has 14 heavy (non-hydrogen) atoms. The van der Waals surface area contributed by atoms with Crippen LogP contribution in [0.2, 0.25) is 0 Å². The number of anilines is 1. The molecule has 1 aliphatic rings. The summed E-state index contributed by atoms with van der Waals surface area (Å²) in [5.41, 5.74) is 7.42. The van der Waals surface area contributed by atoms with E-state index >= 15 is 0 Å². The second kappa shape index (κ2) is 4.24. The van der Waals surface area contributed by atoms with Crippen molar-refractivity contribution < 1.29 is 5.11 Å². The van der Waals surface area contributed by atoms with Crippen molar-refractivity contribution in [2.75, 3.05) is 17.2 Å². The van der Waals surface area contributed by atoms with Crippen LogP contribution in [-0.2, 0) is 0 Å². The zero-order valence-electron chi connectivity index (χ0n) is 8.02. The van der Waals surface area contributed by atoms with Crippen LogP contribution in [0.5, 0.6) is 0 Å². The molecule has 2 rings (SSSR count). The highest BCUT2D eigenvalue weighted by Crippen LogP contribution is 2.35. The molecule has 1 aromatic carbocycles. The SMILES string of the molecule is Nc1ccccc1C(O)C1CCSC1. The number of aliphatic hydroxyl groups excluding tert-OH is 1. The summed E-state index contributed by atoms with van der Waals surface area (Å²) in [6, 6.07) is 7.59. The molecule has 76 valence electrons. The quantitative estimate of drug-likeness (QED) is 0.733. The van der Waals surface area contributed by atoms with E-state index < -0.39 is 0 Å². The maximum Gasteiger partial charge on any atom is 0.0846 e. The van der Waals surface area contributed by atoms with E-state index in [4.69, 9.17) is 5.73 Å². The lowest BCUT2D eigenvalue weighted by Crippen LogP contribution is -2.13. The third-order valence-corrected chi connectivity index (χ3v) is 3.91. The van der Waals surface area contributed by atoms with E-state index in [-0.39, 0.29) is 6.10 Å². The third-order valence-electron chi connectivity index (χ3n) is 2.73. The lowest BCUT2D eigenvalue weighted by Gasteiger charge is -2.18. The molecule has 1 fully saturated rings. The van der Waals surface area contributed by atoms with Gasteiger partial charge in [-0.05, 0) is 29.9 Å². The Morgan fingerprint density at radius 2 is 2.21 bits per heavy atom. The Bertz CT molecular complexity index is 310. The molecule has 1 saturated heterocycles. The number of para-hydroxylation sites is 1. The van der Waals surface area contributed by atoms with Crippen molar-refractivity contribution in [3.8, 4) is 0 Å². The molecule has 1 aromatic rings. The molecule has 1 aliphatic heterocycles. The molecule has 0 amide bonds. The van der Waals surface area contributed by atoms with Crippen LogP contribution in [0.1, 0.15) is 18.1 Å². The van der Waals surface area contributed by atoms with Crippen LogP contribution in [-0.4, -0.2) is 16.6 Å². The smallest absolute Gasteiger partial charge is 0.0846 e. The average molecular weight is 209 g/mol. The predicted octanol–water partition coefficient (Wildman–Crippen LogP) is 2.06. The minimum atomic E-state index is -0.383. The number of hydrogen-bond donors (Lipinski definition) is 2. The molecule has 0 spiro atoms. The van der Waals surface area contributed by atoms with Gasteiger partial charge in [0, 0.05) is 11.3 Å². The molecule has 0 radical (unpaired) electrons. The summed E-state index contributed by atoms with van der Waals surface area (Å²) in [5.74, 6) is 2.59. The molecular formula is C11H15NOS. The minimum Gasteiger partial charge on any atom is -0.398 e. The highest BCUT2D eigenvalue weighted by molar-refractivity contribution is 7.99. The minimum absolute atomic E-state index is 0.379. The van der Waals surface area contributed by atoms with Crippen molar-refractivity contribution in [3.63, 3.8) is 0 Å². The molecule has 3 heteroatoms. The van der Waals surface area contributed by atoms with Gasteiger partial charge in [-0.25, -0.2) is 0 Å². The number of hydrogen-bond acceptors (Lipinski definition) is 3. The molecule has 1 heterocycles. The summed E-state index contributed by atoms with van der Waals surface area (Å²) in [6.07, 6.45) is 0.714. The lowest BCUT2D eigenvalue weighted by atomic mass is 9.94. The number of thioether (sulfide) groups is 1. The van der Waals surface area contributed by atoms with Gasteiger partial charge in [0.05, 0.1) is 6.10 Å². The van der Waals surface area contributed by atoms with Gasteiger partial charge in [0.15, 0.2) is 0 Å². The number of benzene rings is 1. The summed E-state index contributed by atoms with van der Waals surface area (Å²) in [4.78, 5) is 0. The van der Waals surface area contributed by atoms with E-state index in [1.165, 1.54) is 0 Å². The molecule has 3 N–H and O–H groups in total.